The molecule has 0 radical (unpaired) electrons. The van der Waals surface area contributed by atoms with Gasteiger partial charge in [-0.05, 0) is 37.0 Å². The van der Waals surface area contributed by atoms with Crippen molar-refractivity contribution in [2.75, 3.05) is 0 Å². The van der Waals surface area contributed by atoms with Gasteiger partial charge in [-0.2, -0.15) is 0 Å². The molecule has 0 amide bonds. The molecule has 0 saturated heterocycles. The Hall–Kier alpha value is -1.44. The molecule has 0 atom stereocenters. The molecule has 0 aromatic heterocycles. The molecule has 1 aromatic rings. The molecule has 0 unspecified atom stereocenters. The smallest absolute Gasteiger partial charge is 0.159 e. The van der Waals surface area contributed by atoms with Gasteiger partial charge in [-0.15, -0.1) is 0 Å². The van der Waals surface area contributed by atoms with E-state index >= 15 is 0 Å². The topological polar surface area (TPSA) is 34.1 Å². The third-order valence-electron chi connectivity index (χ3n) is 4.11. The molecule has 2 rings (SSSR count). The zero-order valence-electron chi connectivity index (χ0n) is 12.5. The maximum Gasteiger partial charge on any atom is 0.159 e. The highest BCUT2D eigenvalue weighted by molar-refractivity contribution is 5.95. The molecule has 0 fully saturated rings. The zero-order valence-corrected chi connectivity index (χ0v) is 12.5. The quantitative estimate of drug-likeness (QED) is 0.569. The van der Waals surface area contributed by atoms with E-state index in [9.17, 15) is 9.59 Å². The highest BCUT2D eigenvalue weighted by Crippen LogP contribution is 2.40. The van der Waals surface area contributed by atoms with Gasteiger partial charge in [0.25, 0.3) is 0 Å². The van der Waals surface area contributed by atoms with Crippen LogP contribution in [0.4, 0.5) is 0 Å². The Morgan fingerprint density at radius 1 is 1.00 bits per heavy atom. The van der Waals surface area contributed by atoms with Crippen molar-refractivity contribution in [1.29, 1.82) is 0 Å². The Morgan fingerprint density at radius 3 is 2.05 bits per heavy atom. The van der Waals surface area contributed by atoms with Gasteiger partial charge in [-0.3, -0.25) is 9.59 Å². The number of Topliss-reactive ketones (excluding diaryl/α,β-unsaturated/α-hetero) is 2. The van der Waals surface area contributed by atoms with Crippen LogP contribution in [-0.2, 0) is 17.6 Å². The molecule has 0 bridgehead atoms. The zero-order chi connectivity index (χ0) is 14.4. The molecule has 0 N–H and O–H groups in total. The summed E-state index contributed by atoms with van der Waals surface area (Å²) < 4.78 is 0. The first kappa shape index (κ1) is 14.0. The number of carbonyl (C=O) groups excluding carboxylic acids is 2. The molecule has 0 heterocycles. The number of carbonyl (C=O) groups is 2. The third kappa shape index (κ3) is 2.49. The van der Waals surface area contributed by atoms with Gasteiger partial charge in [-0.1, -0.05) is 39.8 Å². The number of hydrogen-bond acceptors (Lipinski definition) is 2. The summed E-state index contributed by atoms with van der Waals surface area (Å²) in [6.07, 6.45) is 1.47. The van der Waals surface area contributed by atoms with Crippen molar-refractivity contribution in [1.82, 2.24) is 0 Å². The maximum atomic E-state index is 12.6. The third-order valence-corrected chi connectivity index (χ3v) is 4.11. The molecule has 1 aliphatic carbocycles. The van der Waals surface area contributed by atoms with Crippen LogP contribution in [0.3, 0.4) is 0 Å². The molecule has 1 aliphatic rings. The van der Waals surface area contributed by atoms with Gasteiger partial charge >= 0.3 is 0 Å². The van der Waals surface area contributed by atoms with Crippen LogP contribution in [0.25, 0.3) is 0 Å². The lowest BCUT2D eigenvalue weighted by Crippen LogP contribution is -2.37. The minimum Gasteiger partial charge on any atom is -0.298 e. The molecule has 1 aromatic carbocycles. The Balaban J connectivity index is 2.56. The van der Waals surface area contributed by atoms with Gasteiger partial charge in [0.05, 0.1) is 0 Å². The lowest BCUT2D eigenvalue weighted by atomic mass is 9.72. The minimum absolute atomic E-state index is 0.0791. The summed E-state index contributed by atoms with van der Waals surface area (Å²) in [5, 5.41) is 0. The summed E-state index contributed by atoms with van der Waals surface area (Å²) in [5.74, 6) is 0.385. The molecular formula is C17H22O2. The fourth-order valence-corrected chi connectivity index (χ4v) is 3.21. The van der Waals surface area contributed by atoms with E-state index in [1.54, 1.807) is 6.92 Å². The predicted molar refractivity (Wildman–Crippen MR) is 76.4 cm³/mol. The van der Waals surface area contributed by atoms with Gasteiger partial charge in [0, 0.05) is 16.4 Å². The summed E-state index contributed by atoms with van der Waals surface area (Å²) in [7, 11) is 0. The Kier molecular flexibility index (Phi) is 3.16. The maximum absolute atomic E-state index is 12.6. The summed E-state index contributed by atoms with van der Waals surface area (Å²) >= 11 is 0. The van der Waals surface area contributed by atoms with Gasteiger partial charge in [0.2, 0.25) is 0 Å². The molecule has 19 heavy (non-hydrogen) atoms. The fraction of sp³-hybridized carbons (Fsp3) is 0.529. The fourth-order valence-electron chi connectivity index (χ4n) is 3.21. The van der Waals surface area contributed by atoms with Crippen molar-refractivity contribution in [3.05, 3.63) is 34.9 Å². The van der Waals surface area contributed by atoms with Gasteiger partial charge in [-0.25, -0.2) is 0 Å². The van der Waals surface area contributed by atoms with Crippen molar-refractivity contribution >= 4 is 11.6 Å². The van der Waals surface area contributed by atoms with Crippen LogP contribution in [0.2, 0.25) is 0 Å². The normalized spacial score (nSPS) is 20.6. The monoisotopic (exact) mass is 258 g/mol. The van der Waals surface area contributed by atoms with Crippen molar-refractivity contribution in [2.24, 2.45) is 10.8 Å². The first-order valence-electron chi connectivity index (χ1n) is 6.81. The lowest BCUT2D eigenvalue weighted by molar-refractivity contribution is -0.135. The minimum atomic E-state index is -0.371. The number of rotatable bonds is 1. The molecule has 0 saturated carbocycles. The van der Waals surface area contributed by atoms with Crippen LogP contribution in [0.1, 0.15) is 56.1 Å². The number of fused-ring (bicyclic) bond motifs is 1. The predicted octanol–water partition coefficient (Wildman–Crippen LogP) is 3.61. The van der Waals surface area contributed by atoms with Crippen LogP contribution in [0.15, 0.2) is 18.2 Å². The number of ketones is 2. The Morgan fingerprint density at radius 2 is 1.53 bits per heavy atom. The Labute approximate surface area is 115 Å². The summed E-state index contributed by atoms with van der Waals surface area (Å²) in [6, 6.07) is 5.86. The number of hydrogen-bond donors (Lipinski definition) is 0. The first-order chi connectivity index (χ1) is 8.63. The molecular weight excluding hydrogens is 236 g/mol. The van der Waals surface area contributed by atoms with E-state index in [4.69, 9.17) is 0 Å². The van der Waals surface area contributed by atoms with E-state index in [2.05, 4.69) is 0 Å². The van der Waals surface area contributed by atoms with Crippen molar-refractivity contribution in [3.63, 3.8) is 0 Å². The van der Waals surface area contributed by atoms with E-state index < -0.39 is 0 Å². The summed E-state index contributed by atoms with van der Waals surface area (Å²) in [5.41, 5.74) is 2.38. The van der Waals surface area contributed by atoms with Crippen molar-refractivity contribution in [3.8, 4) is 0 Å². The molecule has 0 spiro atoms. The largest absolute Gasteiger partial charge is 0.298 e. The van der Waals surface area contributed by atoms with E-state index in [0.717, 1.165) is 17.5 Å². The van der Waals surface area contributed by atoms with E-state index in [1.165, 1.54) is 5.56 Å². The van der Waals surface area contributed by atoms with Crippen LogP contribution in [0, 0.1) is 10.8 Å². The number of benzene rings is 1. The highest BCUT2D eigenvalue weighted by atomic mass is 16.1. The molecule has 2 nitrogen and oxygen atoms in total. The second kappa shape index (κ2) is 4.29. The van der Waals surface area contributed by atoms with E-state index in [-0.39, 0.29) is 16.6 Å². The van der Waals surface area contributed by atoms with Crippen LogP contribution in [-0.4, -0.2) is 11.6 Å². The van der Waals surface area contributed by atoms with Crippen LogP contribution < -0.4 is 0 Å². The first-order valence-corrected chi connectivity index (χ1v) is 6.81. The lowest BCUT2D eigenvalue weighted by Gasteiger charge is -2.30. The summed E-state index contributed by atoms with van der Waals surface area (Å²) in [4.78, 5) is 24.1. The summed E-state index contributed by atoms with van der Waals surface area (Å²) in [6.45, 7) is 9.63. The van der Waals surface area contributed by atoms with E-state index in [1.807, 2.05) is 45.9 Å². The van der Waals surface area contributed by atoms with E-state index in [0.29, 0.717) is 12.2 Å². The average Bonchev–Trinajstić information content (AvgIpc) is 2.34. The van der Waals surface area contributed by atoms with Gasteiger partial charge < -0.3 is 0 Å². The van der Waals surface area contributed by atoms with Crippen LogP contribution >= 0.6 is 0 Å². The van der Waals surface area contributed by atoms with Gasteiger partial charge in [0.15, 0.2) is 5.78 Å². The van der Waals surface area contributed by atoms with Crippen LogP contribution in [0.5, 0.6) is 0 Å². The molecule has 0 aliphatic heterocycles. The highest BCUT2D eigenvalue weighted by Gasteiger charge is 2.42. The second-order valence-electron chi connectivity index (χ2n) is 6.99. The average molecular weight is 258 g/mol. The standard InChI is InChI=1S/C17H22O2/c1-11(18)12-6-7-13-9-16(2,3)15(19)17(4,5)10-14(13)8-12/h6-8H,9-10H2,1-5H3. The molecule has 102 valence electrons. The van der Waals surface area contributed by atoms with Gasteiger partial charge in [0.1, 0.15) is 5.78 Å². The SMILES string of the molecule is CC(=O)c1ccc2c(c1)CC(C)(C)C(=O)C(C)(C)C2. The second-order valence-corrected chi connectivity index (χ2v) is 6.99. The van der Waals surface area contributed by atoms with Crippen molar-refractivity contribution < 1.29 is 9.59 Å². The Bertz CT molecular complexity index is 550. The molecule has 2 heteroatoms. The van der Waals surface area contributed by atoms with Crippen molar-refractivity contribution in [2.45, 2.75) is 47.5 Å².